The van der Waals surface area contributed by atoms with Crippen LogP contribution in [0.3, 0.4) is 0 Å². The van der Waals surface area contributed by atoms with E-state index in [1.165, 1.54) is 18.4 Å². The molecule has 0 aromatic carbocycles. The third-order valence-electron chi connectivity index (χ3n) is 4.00. The van der Waals surface area contributed by atoms with Gasteiger partial charge in [-0.1, -0.05) is 0 Å². The van der Waals surface area contributed by atoms with Crippen LogP contribution in [0.2, 0.25) is 0 Å². The first-order chi connectivity index (χ1) is 10.0. The van der Waals surface area contributed by atoms with Gasteiger partial charge in [-0.3, -0.25) is 4.68 Å². The monoisotopic (exact) mass is 289 g/mol. The van der Waals surface area contributed by atoms with Crippen molar-refractivity contribution < 1.29 is 9.15 Å². The molecule has 0 radical (unpaired) electrons. The van der Waals surface area contributed by atoms with Gasteiger partial charge in [-0.15, -0.1) is 0 Å². The fourth-order valence-corrected chi connectivity index (χ4v) is 2.47. The first-order valence-corrected chi connectivity index (χ1v) is 7.49. The van der Waals surface area contributed by atoms with E-state index in [1.54, 1.807) is 0 Å². The molecule has 0 amide bonds. The Morgan fingerprint density at radius 1 is 1.38 bits per heavy atom. The van der Waals surface area contributed by atoms with Crippen molar-refractivity contribution in [1.82, 2.24) is 15.1 Å². The number of ether oxygens (including phenoxy) is 1. The summed E-state index contributed by atoms with van der Waals surface area (Å²) in [6.45, 7) is 7.30. The lowest BCUT2D eigenvalue weighted by atomic mass is 10.2. The van der Waals surface area contributed by atoms with Crippen molar-refractivity contribution in [3.05, 3.63) is 34.5 Å². The molecule has 2 aromatic heterocycles. The predicted octanol–water partition coefficient (Wildman–Crippen LogP) is 2.77. The normalized spacial score (nSPS) is 14.7. The van der Waals surface area contributed by atoms with Crippen molar-refractivity contribution in [2.24, 2.45) is 7.05 Å². The fourth-order valence-electron chi connectivity index (χ4n) is 2.47. The van der Waals surface area contributed by atoms with Gasteiger partial charge >= 0.3 is 0 Å². The highest BCUT2D eigenvalue weighted by Crippen LogP contribution is 2.24. The van der Waals surface area contributed by atoms with Crippen molar-refractivity contribution >= 4 is 0 Å². The summed E-state index contributed by atoms with van der Waals surface area (Å²) in [5.74, 6) is 2.73. The fraction of sp³-hybridized carbons (Fsp3) is 0.562. The number of rotatable bonds is 6. The topological polar surface area (TPSA) is 52.2 Å². The minimum Gasteiger partial charge on any atom is -0.482 e. The largest absolute Gasteiger partial charge is 0.482 e. The molecule has 0 saturated heterocycles. The number of nitrogens with one attached hydrogen (secondary N) is 1. The van der Waals surface area contributed by atoms with Gasteiger partial charge in [0.15, 0.2) is 5.75 Å². The smallest absolute Gasteiger partial charge is 0.163 e. The molecule has 0 aliphatic heterocycles. The van der Waals surface area contributed by atoms with Crippen LogP contribution in [0.1, 0.15) is 41.3 Å². The van der Waals surface area contributed by atoms with Crippen molar-refractivity contribution in [2.75, 3.05) is 0 Å². The molecule has 0 spiro atoms. The van der Waals surface area contributed by atoms with Crippen LogP contribution in [-0.4, -0.2) is 15.8 Å². The molecule has 0 atom stereocenters. The molecule has 1 aliphatic rings. The lowest BCUT2D eigenvalue weighted by Crippen LogP contribution is -2.15. The summed E-state index contributed by atoms with van der Waals surface area (Å²) < 4.78 is 13.6. The van der Waals surface area contributed by atoms with Crippen LogP contribution < -0.4 is 10.1 Å². The molecule has 5 nitrogen and oxygen atoms in total. The molecule has 2 aromatic rings. The zero-order chi connectivity index (χ0) is 15.0. The zero-order valence-electron chi connectivity index (χ0n) is 13.2. The summed E-state index contributed by atoms with van der Waals surface area (Å²) >= 11 is 0. The number of hydrogen-bond acceptors (Lipinski definition) is 4. The van der Waals surface area contributed by atoms with Gasteiger partial charge in [0.1, 0.15) is 23.8 Å². The van der Waals surface area contributed by atoms with Gasteiger partial charge in [-0.2, -0.15) is 5.10 Å². The average Bonchev–Trinajstić information content (AvgIpc) is 3.15. The van der Waals surface area contributed by atoms with Gasteiger partial charge in [-0.25, -0.2) is 0 Å². The van der Waals surface area contributed by atoms with Crippen molar-refractivity contribution in [1.29, 1.82) is 0 Å². The highest BCUT2D eigenvalue weighted by atomic mass is 16.5. The minimum atomic E-state index is 0.442. The van der Waals surface area contributed by atoms with E-state index in [-0.39, 0.29) is 0 Å². The maximum Gasteiger partial charge on any atom is 0.163 e. The lowest BCUT2D eigenvalue weighted by Gasteiger charge is -2.04. The number of furan rings is 1. The van der Waals surface area contributed by atoms with Gasteiger partial charge in [0.2, 0.25) is 0 Å². The molecule has 1 N–H and O–H groups in total. The minimum absolute atomic E-state index is 0.442. The molecule has 1 aliphatic carbocycles. The molecule has 1 fully saturated rings. The van der Waals surface area contributed by atoms with E-state index in [0.717, 1.165) is 35.2 Å². The molecular weight excluding hydrogens is 266 g/mol. The van der Waals surface area contributed by atoms with Crippen LogP contribution in [0.25, 0.3) is 0 Å². The third kappa shape index (κ3) is 3.13. The molecule has 0 bridgehead atoms. The van der Waals surface area contributed by atoms with E-state index >= 15 is 0 Å². The van der Waals surface area contributed by atoms with E-state index < -0.39 is 0 Å². The Morgan fingerprint density at radius 2 is 2.14 bits per heavy atom. The Morgan fingerprint density at radius 3 is 2.76 bits per heavy atom. The van der Waals surface area contributed by atoms with Crippen LogP contribution in [0, 0.1) is 20.8 Å². The number of hydrogen-bond donors (Lipinski definition) is 1. The predicted molar refractivity (Wildman–Crippen MR) is 80.3 cm³/mol. The van der Waals surface area contributed by atoms with Gasteiger partial charge in [-0.05, 0) is 45.2 Å². The zero-order valence-corrected chi connectivity index (χ0v) is 13.2. The summed E-state index contributed by atoms with van der Waals surface area (Å²) in [6.07, 6.45) is 2.57. The molecule has 3 rings (SSSR count). The molecular formula is C16H23N3O2. The van der Waals surface area contributed by atoms with Crippen molar-refractivity contribution in [3.63, 3.8) is 0 Å². The molecule has 0 unspecified atom stereocenters. The summed E-state index contributed by atoms with van der Waals surface area (Å²) in [4.78, 5) is 0. The lowest BCUT2D eigenvalue weighted by molar-refractivity contribution is 0.261. The summed E-state index contributed by atoms with van der Waals surface area (Å²) in [5.41, 5.74) is 3.13. The standard InChI is InChI=1S/C16H23N3O2/c1-10-7-14(21-15(10)8-17-13-5-6-13)9-20-16-11(2)18-19(4)12(16)3/h7,13,17H,5-6,8-9H2,1-4H3. The maximum absolute atomic E-state index is 5.89. The Kier molecular flexibility index (Phi) is 3.76. The van der Waals surface area contributed by atoms with E-state index in [4.69, 9.17) is 9.15 Å². The first kappa shape index (κ1) is 14.2. The van der Waals surface area contributed by atoms with E-state index in [2.05, 4.69) is 23.4 Å². The number of aromatic nitrogens is 2. The van der Waals surface area contributed by atoms with Crippen LogP contribution in [0.15, 0.2) is 10.5 Å². The highest BCUT2D eigenvalue weighted by molar-refractivity contribution is 5.32. The summed E-state index contributed by atoms with van der Waals surface area (Å²) in [7, 11) is 1.92. The Hall–Kier alpha value is -1.75. The van der Waals surface area contributed by atoms with Crippen LogP contribution in [0.4, 0.5) is 0 Å². The van der Waals surface area contributed by atoms with Gasteiger partial charge < -0.3 is 14.5 Å². The molecule has 5 heteroatoms. The van der Waals surface area contributed by atoms with Crippen molar-refractivity contribution in [2.45, 2.75) is 52.8 Å². The molecule has 2 heterocycles. The summed E-state index contributed by atoms with van der Waals surface area (Å²) in [6, 6.07) is 2.75. The Labute approximate surface area is 125 Å². The average molecular weight is 289 g/mol. The van der Waals surface area contributed by atoms with E-state index in [0.29, 0.717) is 12.6 Å². The van der Waals surface area contributed by atoms with E-state index in [9.17, 15) is 0 Å². The van der Waals surface area contributed by atoms with Crippen molar-refractivity contribution in [3.8, 4) is 5.75 Å². The number of aryl methyl sites for hydroxylation is 3. The van der Waals surface area contributed by atoms with Gasteiger partial charge in [0, 0.05) is 13.1 Å². The molecule has 1 saturated carbocycles. The Balaban J connectivity index is 1.63. The van der Waals surface area contributed by atoms with Crippen LogP contribution in [0.5, 0.6) is 5.75 Å². The van der Waals surface area contributed by atoms with Crippen LogP contribution >= 0.6 is 0 Å². The number of nitrogens with zero attached hydrogens (tertiary/aromatic N) is 2. The second kappa shape index (κ2) is 5.56. The maximum atomic E-state index is 5.89. The second-order valence-electron chi connectivity index (χ2n) is 5.89. The molecule has 114 valence electrons. The first-order valence-electron chi connectivity index (χ1n) is 7.49. The molecule has 21 heavy (non-hydrogen) atoms. The Bertz CT molecular complexity index is 638. The van der Waals surface area contributed by atoms with Gasteiger partial charge in [0.25, 0.3) is 0 Å². The second-order valence-corrected chi connectivity index (χ2v) is 5.89. The van der Waals surface area contributed by atoms with Crippen LogP contribution in [-0.2, 0) is 20.2 Å². The third-order valence-corrected chi connectivity index (χ3v) is 4.00. The SMILES string of the molecule is Cc1cc(COc2c(C)nn(C)c2C)oc1CNC1CC1. The highest BCUT2D eigenvalue weighted by Gasteiger charge is 2.21. The summed E-state index contributed by atoms with van der Waals surface area (Å²) in [5, 5.41) is 7.83. The quantitative estimate of drug-likeness (QED) is 0.888. The van der Waals surface area contributed by atoms with Gasteiger partial charge in [0.05, 0.1) is 12.2 Å². The van der Waals surface area contributed by atoms with E-state index in [1.807, 2.05) is 25.6 Å².